The lowest BCUT2D eigenvalue weighted by molar-refractivity contribution is 0.102. The third-order valence-corrected chi connectivity index (χ3v) is 4.79. The molecule has 5 nitrogen and oxygen atoms in total. The van der Waals surface area contributed by atoms with Gasteiger partial charge in [0.1, 0.15) is 11.6 Å². The van der Waals surface area contributed by atoms with Gasteiger partial charge in [-0.15, -0.1) is 0 Å². The van der Waals surface area contributed by atoms with Gasteiger partial charge in [-0.1, -0.05) is 30.3 Å². The van der Waals surface area contributed by atoms with Crippen LogP contribution in [0.5, 0.6) is 5.75 Å². The van der Waals surface area contributed by atoms with Crippen LogP contribution in [-0.4, -0.2) is 24.5 Å². The molecule has 0 saturated heterocycles. The summed E-state index contributed by atoms with van der Waals surface area (Å²) in [6, 6.07) is 19.4. The Morgan fingerprint density at radius 2 is 1.93 bits per heavy atom. The van der Waals surface area contributed by atoms with Crippen LogP contribution in [0.25, 0.3) is 0 Å². The molecule has 5 heteroatoms. The first kappa shape index (κ1) is 17.1. The highest BCUT2D eigenvalue weighted by Crippen LogP contribution is 2.26. The normalized spacial score (nSPS) is 13.0. The summed E-state index contributed by atoms with van der Waals surface area (Å²) in [5.74, 6) is 1.24. The van der Waals surface area contributed by atoms with E-state index >= 15 is 0 Å². The predicted molar refractivity (Wildman–Crippen MR) is 106 cm³/mol. The third-order valence-electron chi connectivity index (χ3n) is 4.79. The van der Waals surface area contributed by atoms with Gasteiger partial charge < -0.3 is 15.0 Å². The largest absolute Gasteiger partial charge is 0.497 e. The van der Waals surface area contributed by atoms with Crippen molar-refractivity contribution in [3.8, 4) is 5.75 Å². The van der Waals surface area contributed by atoms with Gasteiger partial charge in [0.2, 0.25) is 0 Å². The van der Waals surface area contributed by atoms with E-state index < -0.39 is 0 Å². The minimum absolute atomic E-state index is 0.176. The van der Waals surface area contributed by atoms with Crippen LogP contribution < -0.4 is 15.0 Å². The standard InChI is InChI=1S/C22H21N3O2/c1-27-19-9-4-8-18(14-19)24-22(26)20-10-5-12-23-21(20)25-13-11-16-6-2-3-7-17(16)15-25/h2-10,12,14H,11,13,15H2,1H3,(H,24,26). The molecule has 0 unspecified atom stereocenters. The van der Waals surface area contributed by atoms with Gasteiger partial charge in [-0.3, -0.25) is 4.79 Å². The fourth-order valence-corrected chi connectivity index (χ4v) is 3.40. The van der Waals surface area contributed by atoms with Gasteiger partial charge in [0, 0.05) is 31.0 Å². The molecule has 1 amide bonds. The van der Waals surface area contributed by atoms with Crippen molar-refractivity contribution < 1.29 is 9.53 Å². The summed E-state index contributed by atoms with van der Waals surface area (Å²) in [4.78, 5) is 19.6. The van der Waals surface area contributed by atoms with Gasteiger partial charge in [0.15, 0.2) is 0 Å². The summed E-state index contributed by atoms with van der Waals surface area (Å²) in [6.45, 7) is 1.60. The molecule has 2 heterocycles. The number of benzene rings is 2. The molecule has 0 saturated carbocycles. The highest BCUT2D eigenvalue weighted by Gasteiger charge is 2.22. The number of carbonyl (C=O) groups excluding carboxylic acids is 1. The molecular weight excluding hydrogens is 338 g/mol. The Balaban J connectivity index is 1.59. The minimum atomic E-state index is -0.176. The third kappa shape index (κ3) is 3.62. The number of amides is 1. The second-order valence-corrected chi connectivity index (χ2v) is 6.50. The van der Waals surface area contributed by atoms with Crippen molar-refractivity contribution in [3.05, 3.63) is 83.6 Å². The fourth-order valence-electron chi connectivity index (χ4n) is 3.40. The zero-order valence-electron chi connectivity index (χ0n) is 15.2. The highest BCUT2D eigenvalue weighted by molar-refractivity contribution is 6.07. The molecule has 3 aromatic rings. The molecule has 0 bridgehead atoms. The number of aromatic nitrogens is 1. The van der Waals surface area contributed by atoms with E-state index in [4.69, 9.17) is 4.74 Å². The molecule has 4 rings (SSSR count). The summed E-state index contributed by atoms with van der Waals surface area (Å²) in [6.07, 6.45) is 2.68. The van der Waals surface area contributed by atoms with E-state index in [1.54, 1.807) is 25.4 Å². The van der Waals surface area contributed by atoms with Crippen molar-refractivity contribution in [2.24, 2.45) is 0 Å². The number of fused-ring (bicyclic) bond motifs is 1. The molecule has 0 spiro atoms. The van der Waals surface area contributed by atoms with Crippen LogP contribution in [-0.2, 0) is 13.0 Å². The average Bonchev–Trinajstić information content (AvgIpc) is 2.73. The molecule has 1 aromatic heterocycles. The second-order valence-electron chi connectivity index (χ2n) is 6.50. The molecule has 0 fully saturated rings. The highest BCUT2D eigenvalue weighted by atomic mass is 16.5. The summed E-state index contributed by atoms with van der Waals surface area (Å²) in [5, 5.41) is 2.95. The number of hydrogen-bond donors (Lipinski definition) is 1. The van der Waals surface area contributed by atoms with E-state index in [1.165, 1.54) is 11.1 Å². The van der Waals surface area contributed by atoms with Crippen molar-refractivity contribution in [1.29, 1.82) is 0 Å². The van der Waals surface area contributed by atoms with Crippen molar-refractivity contribution in [1.82, 2.24) is 4.98 Å². The van der Waals surface area contributed by atoms with Crippen LogP contribution in [0.3, 0.4) is 0 Å². The number of carbonyl (C=O) groups is 1. The first-order valence-electron chi connectivity index (χ1n) is 8.97. The number of rotatable bonds is 4. The lowest BCUT2D eigenvalue weighted by Crippen LogP contribution is -2.32. The topological polar surface area (TPSA) is 54.5 Å². The zero-order valence-corrected chi connectivity index (χ0v) is 15.2. The maximum absolute atomic E-state index is 12.9. The van der Waals surface area contributed by atoms with Crippen LogP contribution in [0.4, 0.5) is 11.5 Å². The van der Waals surface area contributed by atoms with E-state index in [0.29, 0.717) is 22.8 Å². The average molecular weight is 359 g/mol. The lowest BCUT2D eigenvalue weighted by atomic mass is 9.99. The molecule has 0 aliphatic carbocycles. The Kier molecular flexibility index (Phi) is 4.75. The minimum Gasteiger partial charge on any atom is -0.497 e. The summed E-state index contributed by atoms with van der Waals surface area (Å²) in [7, 11) is 1.61. The number of nitrogens with one attached hydrogen (secondary N) is 1. The van der Waals surface area contributed by atoms with Crippen LogP contribution in [0.15, 0.2) is 66.9 Å². The Morgan fingerprint density at radius 1 is 1.07 bits per heavy atom. The molecule has 0 atom stereocenters. The first-order valence-corrected chi connectivity index (χ1v) is 8.97. The van der Waals surface area contributed by atoms with Crippen molar-refractivity contribution in [2.75, 3.05) is 23.9 Å². The quantitative estimate of drug-likeness (QED) is 0.767. The molecule has 2 aromatic carbocycles. The van der Waals surface area contributed by atoms with E-state index in [1.807, 2.05) is 24.3 Å². The van der Waals surface area contributed by atoms with E-state index in [9.17, 15) is 4.79 Å². The van der Waals surface area contributed by atoms with Gasteiger partial charge in [-0.25, -0.2) is 4.98 Å². The number of anilines is 2. The first-order chi connectivity index (χ1) is 13.2. The lowest BCUT2D eigenvalue weighted by Gasteiger charge is -2.30. The number of methoxy groups -OCH3 is 1. The molecule has 1 aliphatic heterocycles. The van der Waals surface area contributed by atoms with Gasteiger partial charge in [-0.05, 0) is 41.8 Å². The predicted octanol–water partition coefficient (Wildman–Crippen LogP) is 3.91. The van der Waals surface area contributed by atoms with Gasteiger partial charge in [0.05, 0.1) is 12.7 Å². The Morgan fingerprint density at radius 3 is 2.78 bits per heavy atom. The van der Waals surface area contributed by atoms with Gasteiger partial charge >= 0.3 is 0 Å². The Labute approximate surface area is 158 Å². The van der Waals surface area contributed by atoms with E-state index in [0.717, 1.165) is 19.5 Å². The molecule has 1 N–H and O–H groups in total. The monoisotopic (exact) mass is 359 g/mol. The van der Waals surface area contributed by atoms with E-state index in [-0.39, 0.29) is 5.91 Å². The Bertz CT molecular complexity index is 971. The molecule has 1 aliphatic rings. The fraction of sp³-hybridized carbons (Fsp3) is 0.182. The number of pyridine rings is 1. The smallest absolute Gasteiger partial charge is 0.259 e. The molecule has 27 heavy (non-hydrogen) atoms. The van der Waals surface area contributed by atoms with Crippen LogP contribution in [0.1, 0.15) is 21.5 Å². The SMILES string of the molecule is COc1cccc(NC(=O)c2cccnc2N2CCc3ccccc3C2)c1. The maximum atomic E-state index is 12.9. The van der Waals surface area contributed by atoms with Crippen molar-refractivity contribution >= 4 is 17.4 Å². The van der Waals surface area contributed by atoms with E-state index in [2.05, 4.69) is 39.5 Å². The van der Waals surface area contributed by atoms with Crippen molar-refractivity contribution in [2.45, 2.75) is 13.0 Å². The molecule has 136 valence electrons. The summed E-state index contributed by atoms with van der Waals surface area (Å²) < 4.78 is 5.22. The summed E-state index contributed by atoms with van der Waals surface area (Å²) in [5.41, 5.74) is 3.92. The van der Waals surface area contributed by atoms with Gasteiger partial charge in [-0.2, -0.15) is 0 Å². The zero-order chi connectivity index (χ0) is 18.6. The summed E-state index contributed by atoms with van der Waals surface area (Å²) >= 11 is 0. The Hall–Kier alpha value is -3.34. The number of nitrogens with zero attached hydrogens (tertiary/aromatic N) is 2. The second kappa shape index (κ2) is 7.50. The van der Waals surface area contributed by atoms with Crippen molar-refractivity contribution in [3.63, 3.8) is 0 Å². The number of ether oxygens (including phenoxy) is 1. The van der Waals surface area contributed by atoms with Crippen LogP contribution in [0.2, 0.25) is 0 Å². The van der Waals surface area contributed by atoms with Gasteiger partial charge in [0.25, 0.3) is 5.91 Å². The van der Waals surface area contributed by atoms with Crippen LogP contribution >= 0.6 is 0 Å². The number of hydrogen-bond acceptors (Lipinski definition) is 4. The van der Waals surface area contributed by atoms with Crippen LogP contribution in [0, 0.1) is 0 Å². The molecule has 0 radical (unpaired) electrons. The molecular formula is C22H21N3O2. The maximum Gasteiger partial charge on any atom is 0.259 e.